The normalized spacial score (nSPS) is 22.6. The zero-order valence-electron chi connectivity index (χ0n) is 13.7. The molecule has 0 aliphatic heterocycles. The monoisotopic (exact) mass is 311 g/mol. The summed E-state index contributed by atoms with van der Waals surface area (Å²) < 4.78 is 0. The third-order valence-corrected chi connectivity index (χ3v) is 4.75. The lowest BCUT2D eigenvalue weighted by Gasteiger charge is -2.36. The number of ketones is 1. The van der Waals surface area contributed by atoms with Gasteiger partial charge in [-0.3, -0.25) is 9.79 Å². The molecule has 3 rings (SSSR count). The number of carbonyl (C=O) groups is 2. The predicted molar refractivity (Wildman–Crippen MR) is 89.6 cm³/mol. The number of aliphatic imine (C=N–C) groups is 1. The van der Waals surface area contributed by atoms with Crippen LogP contribution in [0, 0.1) is 5.41 Å². The Morgan fingerprint density at radius 2 is 1.87 bits per heavy atom. The number of aliphatic carboxylic acids is 1. The van der Waals surface area contributed by atoms with Crippen LogP contribution in [0.15, 0.2) is 34.8 Å². The Labute approximate surface area is 135 Å². The van der Waals surface area contributed by atoms with Gasteiger partial charge in [-0.15, -0.1) is 0 Å². The van der Waals surface area contributed by atoms with Crippen LogP contribution in [0.25, 0.3) is 5.57 Å². The van der Waals surface area contributed by atoms with Gasteiger partial charge in [0, 0.05) is 11.1 Å². The Hall–Kier alpha value is -2.23. The van der Waals surface area contributed by atoms with Crippen molar-refractivity contribution in [2.75, 3.05) is 0 Å². The van der Waals surface area contributed by atoms with Gasteiger partial charge in [0.2, 0.25) is 5.78 Å². The van der Waals surface area contributed by atoms with Crippen molar-refractivity contribution in [3.8, 4) is 0 Å². The van der Waals surface area contributed by atoms with Gasteiger partial charge in [0.1, 0.15) is 11.8 Å². The molecule has 1 N–H and O–H groups in total. The first-order valence-corrected chi connectivity index (χ1v) is 7.97. The Bertz CT molecular complexity index is 756. The Morgan fingerprint density at radius 3 is 2.52 bits per heavy atom. The summed E-state index contributed by atoms with van der Waals surface area (Å²) in [5, 5.41) is 9.12. The molecule has 1 aromatic carbocycles. The lowest BCUT2D eigenvalue weighted by molar-refractivity contribution is -0.137. The highest BCUT2D eigenvalue weighted by atomic mass is 16.4. The number of hydrogen-bond donors (Lipinski definition) is 1. The molecule has 0 fully saturated rings. The number of carboxylic acid groups (broad SMARTS) is 1. The van der Waals surface area contributed by atoms with Crippen LogP contribution in [0.3, 0.4) is 0 Å². The minimum Gasteiger partial charge on any atom is -0.480 e. The number of carbonyl (C=O) groups excluding carboxylic acids is 1. The molecule has 0 saturated heterocycles. The average Bonchev–Trinajstić information content (AvgIpc) is 2.50. The maximum Gasteiger partial charge on any atom is 0.328 e. The van der Waals surface area contributed by atoms with Crippen molar-refractivity contribution in [1.29, 1.82) is 0 Å². The molecule has 23 heavy (non-hydrogen) atoms. The van der Waals surface area contributed by atoms with E-state index in [1.54, 1.807) is 0 Å². The van der Waals surface area contributed by atoms with Gasteiger partial charge in [0.05, 0.1) is 0 Å². The number of hydrogen-bond acceptors (Lipinski definition) is 3. The molecule has 4 nitrogen and oxygen atoms in total. The molecule has 0 spiro atoms. The summed E-state index contributed by atoms with van der Waals surface area (Å²) in [4.78, 5) is 28.3. The maximum atomic E-state index is 12.9. The number of allylic oxidation sites excluding steroid dienone is 2. The van der Waals surface area contributed by atoms with Crippen molar-refractivity contribution >= 4 is 23.0 Å². The van der Waals surface area contributed by atoms with E-state index < -0.39 is 12.0 Å². The molecular weight excluding hydrogens is 290 g/mol. The van der Waals surface area contributed by atoms with Gasteiger partial charge in [-0.25, -0.2) is 4.79 Å². The van der Waals surface area contributed by atoms with Crippen LogP contribution in [-0.2, 0) is 9.59 Å². The predicted octanol–water partition coefficient (Wildman–Crippen LogP) is 3.50. The second-order valence-electron chi connectivity index (χ2n) is 7.16. The lowest BCUT2D eigenvalue weighted by atomic mass is 9.68. The number of Topliss-reactive ketones (excluding diaryl/α,β-unsaturated/α-hetero) is 1. The van der Waals surface area contributed by atoms with Crippen LogP contribution >= 0.6 is 0 Å². The molecule has 0 aromatic heterocycles. The van der Waals surface area contributed by atoms with Gasteiger partial charge < -0.3 is 5.11 Å². The molecule has 0 amide bonds. The van der Waals surface area contributed by atoms with Gasteiger partial charge in [0.25, 0.3) is 0 Å². The summed E-state index contributed by atoms with van der Waals surface area (Å²) in [7, 11) is 0. The highest BCUT2D eigenvalue weighted by Gasteiger charge is 2.37. The second-order valence-corrected chi connectivity index (χ2v) is 7.16. The van der Waals surface area contributed by atoms with E-state index in [-0.39, 0.29) is 11.2 Å². The van der Waals surface area contributed by atoms with Gasteiger partial charge >= 0.3 is 5.97 Å². The number of carboxylic acids is 1. The highest BCUT2D eigenvalue weighted by molar-refractivity contribution is 6.54. The first kappa shape index (κ1) is 15.7. The van der Waals surface area contributed by atoms with E-state index in [4.69, 9.17) is 5.11 Å². The highest BCUT2D eigenvalue weighted by Crippen LogP contribution is 2.46. The fourth-order valence-electron chi connectivity index (χ4n) is 3.39. The Kier molecular flexibility index (Phi) is 3.71. The van der Waals surface area contributed by atoms with Crippen molar-refractivity contribution in [2.24, 2.45) is 10.4 Å². The second kappa shape index (κ2) is 5.44. The van der Waals surface area contributed by atoms with Crippen molar-refractivity contribution in [1.82, 2.24) is 0 Å². The molecule has 0 bridgehead atoms. The third kappa shape index (κ3) is 2.74. The maximum absolute atomic E-state index is 12.9. The van der Waals surface area contributed by atoms with E-state index in [0.717, 1.165) is 41.5 Å². The quantitative estimate of drug-likeness (QED) is 0.909. The van der Waals surface area contributed by atoms with Crippen molar-refractivity contribution < 1.29 is 14.7 Å². The molecule has 1 aromatic rings. The van der Waals surface area contributed by atoms with Gasteiger partial charge in [-0.05, 0) is 42.7 Å². The van der Waals surface area contributed by atoms with Crippen molar-refractivity contribution in [2.45, 2.75) is 46.1 Å². The van der Waals surface area contributed by atoms with Gasteiger partial charge in [-0.2, -0.15) is 0 Å². The van der Waals surface area contributed by atoms with Crippen molar-refractivity contribution in [3.63, 3.8) is 0 Å². The van der Waals surface area contributed by atoms with E-state index in [1.165, 1.54) is 6.92 Å². The summed E-state index contributed by atoms with van der Waals surface area (Å²) in [6.07, 6.45) is 2.56. The number of rotatable bonds is 2. The number of nitrogens with zero attached hydrogens (tertiary/aromatic N) is 1. The number of benzene rings is 1. The van der Waals surface area contributed by atoms with Crippen LogP contribution in [-0.4, -0.2) is 28.6 Å². The van der Waals surface area contributed by atoms with Crippen LogP contribution in [0.5, 0.6) is 0 Å². The molecule has 4 heteroatoms. The number of fused-ring (bicyclic) bond motifs is 2. The first-order valence-electron chi connectivity index (χ1n) is 7.97. The van der Waals surface area contributed by atoms with Crippen LogP contribution in [0.2, 0.25) is 0 Å². The molecule has 2 aliphatic carbocycles. The summed E-state index contributed by atoms with van der Waals surface area (Å²) in [5.74, 6) is -1.12. The summed E-state index contributed by atoms with van der Waals surface area (Å²) in [6, 6.07) is 6.78. The van der Waals surface area contributed by atoms with E-state index >= 15 is 0 Å². The van der Waals surface area contributed by atoms with E-state index in [0.29, 0.717) is 5.71 Å². The Morgan fingerprint density at radius 1 is 1.22 bits per heavy atom. The average molecular weight is 311 g/mol. The molecule has 120 valence electrons. The summed E-state index contributed by atoms with van der Waals surface area (Å²) >= 11 is 0. The fourth-order valence-corrected chi connectivity index (χ4v) is 3.39. The van der Waals surface area contributed by atoms with Crippen LogP contribution in [0.1, 0.15) is 51.2 Å². The van der Waals surface area contributed by atoms with Crippen molar-refractivity contribution in [3.05, 3.63) is 41.0 Å². The topological polar surface area (TPSA) is 66.7 Å². The van der Waals surface area contributed by atoms with E-state index in [2.05, 4.69) is 18.8 Å². The molecule has 0 saturated carbocycles. The summed E-state index contributed by atoms with van der Waals surface area (Å²) in [6.45, 7) is 5.94. The lowest BCUT2D eigenvalue weighted by Crippen LogP contribution is -2.31. The molecular formula is C19H21NO3. The molecule has 0 radical (unpaired) electrons. The Balaban J connectivity index is 2.17. The van der Waals surface area contributed by atoms with E-state index in [9.17, 15) is 9.59 Å². The summed E-state index contributed by atoms with van der Waals surface area (Å²) in [5.41, 5.74) is 4.21. The van der Waals surface area contributed by atoms with Crippen LogP contribution in [0.4, 0.5) is 0 Å². The molecule has 1 unspecified atom stereocenters. The van der Waals surface area contributed by atoms with E-state index in [1.807, 2.05) is 24.3 Å². The van der Waals surface area contributed by atoms with Gasteiger partial charge in [0.15, 0.2) is 0 Å². The molecule has 2 aliphatic rings. The SMILES string of the molecule is CC(/N=C1\C(=O)C2=C(CC(C)(C)CC2)c2ccccc21)C(=O)O. The first-order chi connectivity index (χ1) is 10.8. The molecule has 1 atom stereocenters. The minimum atomic E-state index is -1.02. The minimum absolute atomic E-state index is 0.0951. The van der Waals surface area contributed by atoms with Gasteiger partial charge in [-0.1, -0.05) is 38.1 Å². The molecule has 0 heterocycles. The third-order valence-electron chi connectivity index (χ3n) is 4.75. The standard InChI is InChI=1S/C19H21NO3/c1-11(18(22)23)20-16-13-7-5-4-6-12(13)15-10-19(2,3)9-8-14(15)17(16)21/h4-7,11H,8-10H2,1-3H3,(H,22,23)/b20-16-. The largest absolute Gasteiger partial charge is 0.480 e. The fraction of sp³-hybridized carbons (Fsp3) is 0.421. The van der Waals surface area contributed by atoms with Crippen LogP contribution < -0.4 is 0 Å². The zero-order chi connectivity index (χ0) is 16.8. The zero-order valence-corrected chi connectivity index (χ0v) is 13.7. The smallest absolute Gasteiger partial charge is 0.328 e.